The molecule has 1 aromatic carbocycles. The Morgan fingerprint density at radius 2 is 2.00 bits per heavy atom. The normalized spacial score (nSPS) is 12.6. The van der Waals surface area contributed by atoms with Crippen molar-refractivity contribution in [2.75, 3.05) is 13.6 Å². The predicted octanol–water partition coefficient (Wildman–Crippen LogP) is 3.66. The van der Waals surface area contributed by atoms with Crippen LogP contribution in [0.5, 0.6) is 0 Å². The Balaban J connectivity index is 2.66. The van der Waals surface area contributed by atoms with Crippen LogP contribution in [0.15, 0.2) is 27.1 Å². The smallest absolute Gasteiger partial charge is 0.254 e. The predicted molar refractivity (Wildman–Crippen MR) is 86.2 cm³/mol. The molecule has 0 fully saturated rings. The highest BCUT2D eigenvalue weighted by atomic mass is 79.9. The van der Waals surface area contributed by atoms with Gasteiger partial charge in [0.1, 0.15) is 0 Å². The number of carbonyl (C=O) groups is 1. The number of hydrogen-bond acceptors (Lipinski definition) is 2. The van der Waals surface area contributed by atoms with Crippen molar-refractivity contribution < 1.29 is 4.79 Å². The largest absolute Gasteiger partial charge is 0.342 e. The molecule has 0 aromatic heterocycles. The third-order valence-corrected chi connectivity index (χ3v) is 4.31. The van der Waals surface area contributed by atoms with Crippen LogP contribution in [-0.2, 0) is 0 Å². The lowest BCUT2D eigenvalue weighted by Gasteiger charge is -2.22. The molecule has 19 heavy (non-hydrogen) atoms. The maximum Gasteiger partial charge on any atom is 0.254 e. The van der Waals surface area contributed by atoms with E-state index < -0.39 is 0 Å². The van der Waals surface area contributed by atoms with Crippen LogP contribution in [0.25, 0.3) is 0 Å². The molecule has 0 aliphatic rings. The van der Waals surface area contributed by atoms with Gasteiger partial charge in [0.05, 0.1) is 5.56 Å². The Labute approximate surface area is 131 Å². The van der Waals surface area contributed by atoms with Crippen molar-refractivity contribution in [3.63, 3.8) is 0 Å². The van der Waals surface area contributed by atoms with Gasteiger partial charge in [-0.15, -0.1) is 0 Å². The van der Waals surface area contributed by atoms with Gasteiger partial charge in [0.25, 0.3) is 5.91 Å². The van der Waals surface area contributed by atoms with Gasteiger partial charge < -0.3 is 10.6 Å². The molecule has 1 amide bonds. The number of nitrogens with two attached hydrogens (primary N) is 1. The summed E-state index contributed by atoms with van der Waals surface area (Å²) < 4.78 is 1.74. The highest BCUT2D eigenvalue weighted by Gasteiger charge is 2.16. The molecule has 1 unspecified atom stereocenters. The molecule has 0 saturated heterocycles. The van der Waals surface area contributed by atoms with Crippen LogP contribution in [-0.4, -0.2) is 30.4 Å². The van der Waals surface area contributed by atoms with Crippen molar-refractivity contribution >= 4 is 37.8 Å². The highest BCUT2D eigenvalue weighted by molar-refractivity contribution is 9.11. The first kappa shape index (κ1) is 16.7. The zero-order chi connectivity index (χ0) is 14.6. The van der Waals surface area contributed by atoms with Crippen molar-refractivity contribution in [3.8, 4) is 0 Å². The summed E-state index contributed by atoms with van der Waals surface area (Å²) in [5.74, 6) is 0.443. The Hall–Kier alpha value is -0.390. The van der Waals surface area contributed by atoms with Crippen LogP contribution in [0.2, 0.25) is 0 Å². The molecule has 106 valence electrons. The van der Waals surface area contributed by atoms with Gasteiger partial charge in [0.15, 0.2) is 0 Å². The summed E-state index contributed by atoms with van der Waals surface area (Å²) >= 11 is 6.79. The zero-order valence-electron chi connectivity index (χ0n) is 11.5. The summed E-state index contributed by atoms with van der Waals surface area (Å²) in [5, 5.41) is 0. The first-order valence-corrected chi connectivity index (χ1v) is 7.87. The molecule has 0 aliphatic heterocycles. The fraction of sp³-hybridized carbons (Fsp3) is 0.500. The average Bonchev–Trinajstić information content (AvgIpc) is 2.34. The third-order valence-electron chi connectivity index (χ3n) is 3.16. The minimum Gasteiger partial charge on any atom is -0.342 e. The Kier molecular flexibility index (Phi) is 6.50. The quantitative estimate of drug-likeness (QED) is 0.832. The fourth-order valence-corrected chi connectivity index (χ4v) is 2.86. The molecule has 1 aromatic rings. The van der Waals surface area contributed by atoms with Crippen LogP contribution in [0, 0.1) is 5.92 Å². The Bertz CT molecular complexity index is 449. The molecule has 0 saturated carbocycles. The number of amides is 1. The van der Waals surface area contributed by atoms with Crippen molar-refractivity contribution in [2.24, 2.45) is 11.7 Å². The number of carbonyl (C=O) groups excluding carboxylic acids is 1. The lowest BCUT2D eigenvalue weighted by atomic mass is 10.0. The van der Waals surface area contributed by atoms with E-state index in [0.29, 0.717) is 18.0 Å². The van der Waals surface area contributed by atoms with Gasteiger partial charge in [-0.25, -0.2) is 0 Å². The zero-order valence-corrected chi connectivity index (χ0v) is 14.7. The number of benzene rings is 1. The van der Waals surface area contributed by atoms with E-state index in [0.717, 1.165) is 15.4 Å². The molecule has 0 radical (unpaired) electrons. The van der Waals surface area contributed by atoms with Crippen molar-refractivity contribution in [2.45, 2.75) is 26.3 Å². The van der Waals surface area contributed by atoms with E-state index in [1.165, 1.54) is 0 Å². The van der Waals surface area contributed by atoms with Crippen LogP contribution in [0.1, 0.15) is 30.6 Å². The lowest BCUT2D eigenvalue weighted by Crippen LogP contribution is -2.34. The van der Waals surface area contributed by atoms with E-state index in [4.69, 9.17) is 5.73 Å². The molecular weight excluding hydrogens is 372 g/mol. The Morgan fingerprint density at radius 3 is 2.53 bits per heavy atom. The van der Waals surface area contributed by atoms with Gasteiger partial charge in [-0.1, -0.05) is 29.8 Å². The third kappa shape index (κ3) is 4.89. The first-order chi connectivity index (χ1) is 8.82. The maximum atomic E-state index is 12.3. The molecule has 0 bridgehead atoms. The van der Waals surface area contributed by atoms with E-state index in [9.17, 15) is 4.79 Å². The van der Waals surface area contributed by atoms with Gasteiger partial charge in [0.2, 0.25) is 0 Å². The summed E-state index contributed by atoms with van der Waals surface area (Å²) in [7, 11) is 1.81. The molecule has 3 nitrogen and oxygen atoms in total. The molecule has 0 spiro atoms. The maximum absolute atomic E-state index is 12.3. The summed E-state index contributed by atoms with van der Waals surface area (Å²) in [6.45, 7) is 4.86. The van der Waals surface area contributed by atoms with E-state index in [1.807, 2.05) is 25.2 Å². The molecule has 1 rings (SSSR count). The number of hydrogen-bond donors (Lipinski definition) is 1. The van der Waals surface area contributed by atoms with Gasteiger partial charge >= 0.3 is 0 Å². The molecular formula is C14H20Br2N2O. The Morgan fingerprint density at radius 1 is 1.37 bits per heavy atom. The molecule has 2 N–H and O–H groups in total. The lowest BCUT2D eigenvalue weighted by molar-refractivity contribution is 0.0788. The van der Waals surface area contributed by atoms with Gasteiger partial charge in [0, 0.05) is 28.6 Å². The minimum absolute atomic E-state index is 0.00957. The second kappa shape index (κ2) is 7.41. The minimum atomic E-state index is 0.00957. The highest BCUT2D eigenvalue weighted by Crippen LogP contribution is 2.23. The SMILES string of the molecule is CC(C)C(N)CCN(C)C(=O)c1ccc(Br)cc1Br. The summed E-state index contributed by atoms with van der Waals surface area (Å²) in [6.07, 6.45) is 0.814. The van der Waals surface area contributed by atoms with E-state index in [1.54, 1.807) is 4.90 Å². The van der Waals surface area contributed by atoms with Crippen LogP contribution in [0.4, 0.5) is 0 Å². The number of halogens is 2. The van der Waals surface area contributed by atoms with Crippen molar-refractivity contribution in [1.29, 1.82) is 0 Å². The monoisotopic (exact) mass is 390 g/mol. The number of nitrogens with zero attached hydrogens (tertiary/aromatic N) is 1. The fourth-order valence-electron chi connectivity index (χ4n) is 1.65. The van der Waals surface area contributed by atoms with E-state index >= 15 is 0 Å². The molecule has 0 aliphatic carbocycles. The van der Waals surface area contributed by atoms with Crippen molar-refractivity contribution in [3.05, 3.63) is 32.7 Å². The van der Waals surface area contributed by atoms with Crippen LogP contribution in [0.3, 0.4) is 0 Å². The number of rotatable bonds is 5. The second-order valence-electron chi connectivity index (χ2n) is 5.05. The molecule has 1 atom stereocenters. The topological polar surface area (TPSA) is 46.3 Å². The van der Waals surface area contributed by atoms with Crippen LogP contribution < -0.4 is 5.73 Å². The average molecular weight is 392 g/mol. The molecule has 5 heteroatoms. The van der Waals surface area contributed by atoms with Crippen LogP contribution >= 0.6 is 31.9 Å². The van der Waals surface area contributed by atoms with E-state index in [-0.39, 0.29) is 11.9 Å². The molecule has 0 heterocycles. The summed E-state index contributed by atoms with van der Waals surface area (Å²) in [6, 6.07) is 5.69. The standard InChI is InChI=1S/C14H20Br2N2O/c1-9(2)13(17)6-7-18(3)14(19)11-5-4-10(15)8-12(11)16/h4-5,8-9,13H,6-7,17H2,1-3H3. The summed E-state index contributed by atoms with van der Waals surface area (Å²) in [4.78, 5) is 14.0. The van der Waals surface area contributed by atoms with Gasteiger partial charge in [-0.2, -0.15) is 0 Å². The van der Waals surface area contributed by atoms with Gasteiger partial charge in [-0.05, 0) is 46.5 Å². The van der Waals surface area contributed by atoms with E-state index in [2.05, 4.69) is 45.7 Å². The van der Waals surface area contributed by atoms with Crippen molar-refractivity contribution in [1.82, 2.24) is 4.90 Å². The summed E-state index contributed by atoms with van der Waals surface area (Å²) in [5.41, 5.74) is 6.67. The second-order valence-corrected chi connectivity index (χ2v) is 6.82. The first-order valence-electron chi connectivity index (χ1n) is 6.29. The van der Waals surface area contributed by atoms with Gasteiger partial charge in [-0.3, -0.25) is 4.79 Å².